The Balaban J connectivity index is 1.53. The fourth-order valence-electron chi connectivity index (χ4n) is 2.51. The minimum atomic E-state index is -1.14. The molecule has 9 nitrogen and oxygen atoms in total. The number of rotatable bonds is 2. The molecule has 122 valence electrons. The molecule has 1 amide bonds. The van der Waals surface area contributed by atoms with E-state index in [-0.39, 0.29) is 11.5 Å². The number of hydrogen-bond donors (Lipinski definition) is 3. The summed E-state index contributed by atoms with van der Waals surface area (Å²) in [6.45, 7) is 0. The lowest BCUT2D eigenvalue weighted by molar-refractivity contribution is -0.116. The predicted octanol–water partition coefficient (Wildman–Crippen LogP) is -0.394. The molecule has 2 aromatic rings. The molecule has 2 heterocycles. The van der Waals surface area contributed by atoms with Crippen LogP contribution in [0.5, 0.6) is 5.88 Å². The number of hydrogen-bond acceptors (Lipinski definition) is 7. The first-order chi connectivity index (χ1) is 11.5. The molecule has 0 saturated carbocycles. The maximum Gasteiger partial charge on any atom is 0.418 e. The van der Waals surface area contributed by atoms with E-state index < -0.39 is 35.8 Å². The number of epoxide rings is 1. The van der Waals surface area contributed by atoms with Crippen molar-refractivity contribution in [2.24, 2.45) is 0 Å². The van der Waals surface area contributed by atoms with E-state index in [0.717, 1.165) is 6.08 Å². The molecule has 3 atom stereocenters. The van der Waals surface area contributed by atoms with Gasteiger partial charge in [-0.05, 0) is 12.1 Å². The summed E-state index contributed by atoms with van der Waals surface area (Å²) < 4.78 is 9.87. The van der Waals surface area contributed by atoms with Crippen molar-refractivity contribution in [2.45, 2.75) is 18.3 Å². The summed E-state index contributed by atoms with van der Waals surface area (Å²) in [7, 11) is 0. The molecule has 4 rings (SSSR count). The van der Waals surface area contributed by atoms with Crippen molar-refractivity contribution in [3.63, 3.8) is 0 Å². The molecule has 0 radical (unpaired) electrons. The molecule has 1 fully saturated rings. The van der Waals surface area contributed by atoms with Crippen LogP contribution in [0.15, 0.2) is 40.8 Å². The number of nitrogens with zero attached hydrogens (tertiary/aromatic N) is 1. The Morgan fingerprint density at radius 3 is 2.96 bits per heavy atom. The van der Waals surface area contributed by atoms with Crippen molar-refractivity contribution in [1.29, 1.82) is 0 Å². The van der Waals surface area contributed by atoms with Gasteiger partial charge in [0.15, 0.2) is 5.78 Å². The molecule has 1 aliphatic heterocycles. The highest BCUT2D eigenvalue weighted by atomic mass is 16.6. The van der Waals surface area contributed by atoms with Gasteiger partial charge in [-0.3, -0.25) is 14.9 Å². The van der Waals surface area contributed by atoms with E-state index in [1.54, 1.807) is 24.3 Å². The Hall–Kier alpha value is -3.04. The monoisotopic (exact) mass is 329 g/mol. The number of ether oxygens (including phenoxy) is 2. The van der Waals surface area contributed by atoms with Crippen LogP contribution in [0.3, 0.4) is 0 Å². The Morgan fingerprint density at radius 1 is 1.33 bits per heavy atom. The third-order valence-corrected chi connectivity index (χ3v) is 3.74. The van der Waals surface area contributed by atoms with Crippen LogP contribution in [0.4, 0.5) is 4.79 Å². The molecule has 2 aliphatic rings. The van der Waals surface area contributed by atoms with Gasteiger partial charge in [0.05, 0.1) is 16.7 Å². The number of H-pyrrole nitrogens is 1. The molecular weight excluding hydrogens is 318 g/mol. The van der Waals surface area contributed by atoms with Crippen LogP contribution in [0.1, 0.15) is 0 Å². The highest BCUT2D eigenvalue weighted by molar-refractivity contribution is 5.98. The molecule has 1 aliphatic carbocycles. The smallest absolute Gasteiger partial charge is 0.385 e. The summed E-state index contributed by atoms with van der Waals surface area (Å²) in [4.78, 5) is 41.8. The van der Waals surface area contributed by atoms with E-state index in [1.165, 1.54) is 0 Å². The van der Waals surface area contributed by atoms with E-state index in [4.69, 9.17) is 9.47 Å². The maximum atomic E-state index is 11.9. The van der Waals surface area contributed by atoms with Gasteiger partial charge < -0.3 is 19.6 Å². The van der Waals surface area contributed by atoms with E-state index in [2.05, 4.69) is 15.3 Å². The molecule has 9 heteroatoms. The zero-order valence-electron chi connectivity index (χ0n) is 12.1. The highest BCUT2D eigenvalue weighted by Gasteiger charge is 2.53. The largest absolute Gasteiger partial charge is 0.418 e. The lowest BCUT2D eigenvalue weighted by Gasteiger charge is -2.16. The van der Waals surface area contributed by atoms with Crippen molar-refractivity contribution < 1.29 is 24.2 Å². The molecule has 3 N–H and O–H groups in total. The van der Waals surface area contributed by atoms with Crippen molar-refractivity contribution in [1.82, 2.24) is 15.3 Å². The summed E-state index contributed by atoms with van der Waals surface area (Å²) in [5.41, 5.74) is 0.231. The Bertz CT molecular complexity index is 950. The predicted molar refractivity (Wildman–Crippen MR) is 79.3 cm³/mol. The van der Waals surface area contributed by atoms with Gasteiger partial charge in [-0.2, -0.15) is 0 Å². The number of aliphatic hydroxyl groups is 1. The second kappa shape index (κ2) is 5.25. The quantitative estimate of drug-likeness (QED) is 0.639. The van der Waals surface area contributed by atoms with Gasteiger partial charge in [-0.15, -0.1) is 0 Å². The number of ketones is 1. The van der Waals surface area contributed by atoms with Crippen molar-refractivity contribution in [2.75, 3.05) is 0 Å². The molecule has 1 aromatic heterocycles. The van der Waals surface area contributed by atoms with E-state index in [0.29, 0.717) is 11.0 Å². The molecule has 0 bridgehead atoms. The van der Waals surface area contributed by atoms with Crippen molar-refractivity contribution >= 4 is 22.9 Å². The van der Waals surface area contributed by atoms with Crippen LogP contribution in [-0.2, 0) is 9.53 Å². The fourth-order valence-corrected chi connectivity index (χ4v) is 2.51. The third kappa shape index (κ3) is 2.45. The molecular formula is C15H11N3O6. The summed E-state index contributed by atoms with van der Waals surface area (Å²) >= 11 is 0. The average Bonchev–Trinajstić information content (AvgIpc) is 3.34. The topological polar surface area (TPSA) is 134 Å². The van der Waals surface area contributed by atoms with Gasteiger partial charge in [-0.1, -0.05) is 12.1 Å². The van der Waals surface area contributed by atoms with Gasteiger partial charge in [0, 0.05) is 6.08 Å². The number of nitrogens with one attached hydrogen (secondary N) is 2. The molecule has 0 spiro atoms. The summed E-state index contributed by atoms with van der Waals surface area (Å²) in [5.74, 6) is -0.786. The summed E-state index contributed by atoms with van der Waals surface area (Å²) in [6, 6.07) is 6.76. The third-order valence-electron chi connectivity index (χ3n) is 3.74. The van der Waals surface area contributed by atoms with Gasteiger partial charge >= 0.3 is 11.7 Å². The zero-order valence-corrected chi connectivity index (χ0v) is 12.1. The molecule has 1 aromatic carbocycles. The lowest BCUT2D eigenvalue weighted by atomic mass is 10.0. The lowest BCUT2D eigenvalue weighted by Crippen LogP contribution is -2.39. The van der Waals surface area contributed by atoms with Crippen LogP contribution >= 0.6 is 0 Å². The number of amides is 1. The van der Waals surface area contributed by atoms with Crippen LogP contribution in [0.2, 0.25) is 0 Å². The Labute approximate surface area is 133 Å². The first-order valence-electron chi connectivity index (χ1n) is 7.10. The van der Waals surface area contributed by atoms with Gasteiger partial charge in [0.2, 0.25) is 0 Å². The summed E-state index contributed by atoms with van der Waals surface area (Å²) in [6.07, 6.45) is -2.40. The summed E-state index contributed by atoms with van der Waals surface area (Å²) in [5, 5.41) is 12.1. The maximum absolute atomic E-state index is 11.9. The number of aromatic amines is 1. The average molecular weight is 329 g/mol. The van der Waals surface area contributed by atoms with Crippen LogP contribution in [0.25, 0.3) is 11.0 Å². The Morgan fingerprint density at radius 2 is 2.12 bits per heavy atom. The van der Waals surface area contributed by atoms with Crippen molar-refractivity contribution in [3.8, 4) is 5.88 Å². The molecule has 3 unspecified atom stereocenters. The van der Waals surface area contributed by atoms with Crippen molar-refractivity contribution in [3.05, 3.63) is 46.4 Å². The van der Waals surface area contributed by atoms with Gasteiger partial charge in [0.1, 0.15) is 18.3 Å². The van der Waals surface area contributed by atoms with E-state index in [1.807, 2.05) is 0 Å². The second-order valence-electron chi connectivity index (χ2n) is 5.37. The number of para-hydroxylation sites is 2. The first-order valence-corrected chi connectivity index (χ1v) is 7.10. The fraction of sp³-hybridized carbons (Fsp3) is 0.200. The van der Waals surface area contributed by atoms with E-state index >= 15 is 0 Å². The highest BCUT2D eigenvalue weighted by Crippen LogP contribution is 2.33. The Kier molecular flexibility index (Phi) is 3.18. The first kappa shape index (κ1) is 14.5. The van der Waals surface area contributed by atoms with E-state index in [9.17, 15) is 19.5 Å². The molecule has 1 saturated heterocycles. The van der Waals surface area contributed by atoms with Gasteiger partial charge in [-0.25, -0.2) is 9.78 Å². The number of aromatic nitrogens is 2. The SMILES string of the molecule is O=C(NC1=CC(=O)C2OC2C1O)Oc1nc2ccccc2[nH]c1=O. The zero-order chi connectivity index (χ0) is 16.8. The van der Waals surface area contributed by atoms with Crippen LogP contribution < -0.4 is 15.6 Å². The standard InChI is InChI=1S/C15H11N3O6/c19-9-5-8(10(20)12-11(9)23-12)18-15(22)24-14-13(21)16-6-3-1-2-4-7(6)17-14/h1-5,10-12,20H,(H,16,21)(H,18,22). The number of carbonyl (C=O) groups is 2. The number of carbonyl (C=O) groups excluding carboxylic acids is 2. The number of fused-ring (bicyclic) bond motifs is 2. The second-order valence-corrected chi connectivity index (χ2v) is 5.37. The normalized spacial score (nSPS) is 25.0. The molecule has 24 heavy (non-hydrogen) atoms. The van der Waals surface area contributed by atoms with Gasteiger partial charge in [0.25, 0.3) is 5.88 Å². The number of aliphatic hydroxyl groups excluding tert-OH is 1. The van der Waals surface area contributed by atoms with Crippen LogP contribution in [0, 0.1) is 0 Å². The van der Waals surface area contributed by atoms with Crippen LogP contribution in [-0.4, -0.2) is 45.3 Å². The minimum absolute atomic E-state index is 0.0408. The number of benzene rings is 1. The minimum Gasteiger partial charge on any atom is -0.385 e.